The lowest BCUT2D eigenvalue weighted by molar-refractivity contribution is -0.135. The SMILES string of the molecule is CCCN1CCC(N2CNC3(CCCC3)C2=O)CC1. The van der Waals surface area contributed by atoms with Crippen LogP contribution in [-0.2, 0) is 4.79 Å². The number of hydrogen-bond donors (Lipinski definition) is 1. The Morgan fingerprint density at radius 2 is 1.95 bits per heavy atom. The first kappa shape index (κ1) is 13.4. The molecule has 4 heteroatoms. The Hall–Kier alpha value is -0.610. The zero-order valence-corrected chi connectivity index (χ0v) is 12.2. The first-order chi connectivity index (χ1) is 9.25. The smallest absolute Gasteiger partial charge is 0.244 e. The molecule has 1 amide bonds. The number of piperidine rings is 1. The van der Waals surface area contributed by atoms with E-state index in [4.69, 9.17) is 0 Å². The molecule has 0 aromatic carbocycles. The zero-order chi connectivity index (χ0) is 13.3. The van der Waals surface area contributed by atoms with Crippen LogP contribution in [0.2, 0.25) is 0 Å². The van der Waals surface area contributed by atoms with Crippen LogP contribution < -0.4 is 5.32 Å². The average molecular weight is 265 g/mol. The van der Waals surface area contributed by atoms with Crippen LogP contribution in [0.1, 0.15) is 51.9 Å². The van der Waals surface area contributed by atoms with E-state index >= 15 is 0 Å². The molecule has 3 aliphatic rings. The number of nitrogens with zero attached hydrogens (tertiary/aromatic N) is 2. The third-order valence-electron chi connectivity index (χ3n) is 5.25. The number of hydrogen-bond acceptors (Lipinski definition) is 3. The van der Waals surface area contributed by atoms with Crippen molar-refractivity contribution in [3.8, 4) is 0 Å². The lowest BCUT2D eigenvalue weighted by Crippen LogP contribution is -2.48. The molecule has 3 rings (SSSR count). The van der Waals surface area contributed by atoms with Crippen molar-refractivity contribution in [3.05, 3.63) is 0 Å². The predicted octanol–water partition coefficient (Wildman–Crippen LogP) is 1.56. The summed E-state index contributed by atoms with van der Waals surface area (Å²) in [6.45, 7) is 6.56. The van der Waals surface area contributed by atoms with E-state index < -0.39 is 0 Å². The van der Waals surface area contributed by atoms with Gasteiger partial charge in [-0.05, 0) is 38.6 Å². The van der Waals surface area contributed by atoms with Gasteiger partial charge in [-0.15, -0.1) is 0 Å². The van der Waals surface area contributed by atoms with Crippen LogP contribution in [0.5, 0.6) is 0 Å². The quantitative estimate of drug-likeness (QED) is 0.841. The Kier molecular flexibility index (Phi) is 3.81. The molecular weight excluding hydrogens is 238 g/mol. The van der Waals surface area contributed by atoms with Gasteiger partial charge in [-0.2, -0.15) is 0 Å². The van der Waals surface area contributed by atoms with Gasteiger partial charge in [0.15, 0.2) is 0 Å². The number of likely N-dealkylation sites (tertiary alicyclic amines) is 1. The summed E-state index contributed by atoms with van der Waals surface area (Å²) in [5.74, 6) is 0.402. The molecule has 2 heterocycles. The second-order valence-electron chi connectivity index (χ2n) is 6.47. The summed E-state index contributed by atoms with van der Waals surface area (Å²) in [5, 5.41) is 3.53. The van der Waals surface area contributed by atoms with E-state index in [2.05, 4.69) is 22.0 Å². The molecule has 1 aliphatic carbocycles. The third-order valence-corrected chi connectivity index (χ3v) is 5.25. The maximum absolute atomic E-state index is 12.7. The van der Waals surface area contributed by atoms with E-state index in [1.807, 2.05) is 0 Å². The average Bonchev–Trinajstić information content (AvgIpc) is 3.02. The normalized spacial score (nSPS) is 28.7. The van der Waals surface area contributed by atoms with Crippen molar-refractivity contribution in [1.29, 1.82) is 0 Å². The van der Waals surface area contributed by atoms with Crippen molar-refractivity contribution < 1.29 is 4.79 Å². The molecule has 2 aliphatic heterocycles. The van der Waals surface area contributed by atoms with Gasteiger partial charge < -0.3 is 9.80 Å². The fourth-order valence-electron chi connectivity index (χ4n) is 4.09. The molecule has 0 radical (unpaired) electrons. The standard InChI is InChI=1S/C15H27N3O/c1-2-9-17-10-5-13(6-11-17)18-12-16-15(14(18)19)7-3-4-8-15/h13,16H,2-12H2,1H3. The van der Waals surface area contributed by atoms with Gasteiger partial charge in [0.05, 0.1) is 12.2 Å². The minimum Gasteiger partial charge on any atom is -0.325 e. The highest BCUT2D eigenvalue weighted by atomic mass is 16.2. The molecule has 0 bridgehead atoms. The highest BCUT2D eigenvalue weighted by Crippen LogP contribution is 2.36. The van der Waals surface area contributed by atoms with Crippen LogP contribution in [0.3, 0.4) is 0 Å². The Bertz CT molecular complexity index is 330. The first-order valence-electron chi connectivity index (χ1n) is 8.04. The van der Waals surface area contributed by atoms with Gasteiger partial charge in [0.2, 0.25) is 5.91 Å². The fraction of sp³-hybridized carbons (Fsp3) is 0.933. The molecule has 3 fully saturated rings. The molecular formula is C15H27N3O. The summed E-state index contributed by atoms with van der Waals surface area (Å²) in [5.41, 5.74) is -0.166. The van der Waals surface area contributed by atoms with Crippen LogP contribution in [0, 0.1) is 0 Å². The molecule has 19 heavy (non-hydrogen) atoms. The van der Waals surface area contributed by atoms with E-state index in [1.165, 1.54) is 25.8 Å². The summed E-state index contributed by atoms with van der Waals surface area (Å²) in [7, 11) is 0. The van der Waals surface area contributed by atoms with Crippen molar-refractivity contribution in [2.45, 2.75) is 63.5 Å². The molecule has 4 nitrogen and oxygen atoms in total. The second-order valence-corrected chi connectivity index (χ2v) is 6.47. The Morgan fingerprint density at radius 3 is 2.58 bits per heavy atom. The van der Waals surface area contributed by atoms with Gasteiger partial charge in [0.1, 0.15) is 0 Å². The maximum Gasteiger partial charge on any atom is 0.244 e. The van der Waals surface area contributed by atoms with E-state index in [9.17, 15) is 4.79 Å². The lowest BCUT2D eigenvalue weighted by atomic mass is 9.96. The molecule has 1 N–H and O–H groups in total. The van der Waals surface area contributed by atoms with Crippen LogP contribution in [0.25, 0.3) is 0 Å². The van der Waals surface area contributed by atoms with E-state index in [1.54, 1.807) is 0 Å². The minimum atomic E-state index is -0.166. The number of rotatable bonds is 3. The van der Waals surface area contributed by atoms with E-state index in [0.29, 0.717) is 11.9 Å². The Balaban J connectivity index is 1.58. The number of carbonyl (C=O) groups excluding carboxylic acids is 1. The van der Waals surface area contributed by atoms with Crippen molar-refractivity contribution in [2.75, 3.05) is 26.3 Å². The van der Waals surface area contributed by atoms with Crippen molar-refractivity contribution in [1.82, 2.24) is 15.1 Å². The molecule has 0 aromatic rings. The highest BCUT2D eigenvalue weighted by molar-refractivity contribution is 5.89. The molecule has 1 spiro atoms. The van der Waals surface area contributed by atoms with Crippen LogP contribution in [-0.4, -0.2) is 53.6 Å². The van der Waals surface area contributed by atoms with Crippen LogP contribution in [0.4, 0.5) is 0 Å². The summed E-state index contributed by atoms with van der Waals surface area (Å²) in [4.78, 5) is 17.4. The van der Waals surface area contributed by atoms with Gasteiger partial charge in [0.25, 0.3) is 0 Å². The molecule has 0 atom stereocenters. The predicted molar refractivity (Wildman–Crippen MR) is 75.8 cm³/mol. The van der Waals surface area contributed by atoms with Crippen LogP contribution >= 0.6 is 0 Å². The summed E-state index contributed by atoms with van der Waals surface area (Å²) in [6, 6.07) is 0.480. The largest absolute Gasteiger partial charge is 0.325 e. The Labute approximate surface area is 116 Å². The first-order valence-corrected chi connectivity index (χ1v) is 8.04. The molecule has 2 saturated heterocycles. The number of nitrogens with one attached hydrogen (secondary N) is 1. The molecule has 108 valence electrons. The zero-order valence-electron chi connectivity index (χ0n) is 12.2. The van der Waals surface area contributed by atoms with Gasteiger partial charge >= 0.3 is 0 Å². The minimum absolute atomic E-state index is 0.166. The second kappa shape index (κ2) is 5.41. The number of amides is 1. The molecule has 1 saturated carbocycles. The van der Waals surface area contributed by atoms with Crippen molar-refractivity contribution in [3.63, 3.8) is 0 Å². The molecule has 0 aromatic heterocycles. The van der Waals surface area contributed by atoms with Crippen molar-refractivity contribution in [2.24, 2.45) is 0 Å². The van der Waals surface area contributed by atoms with Crippen LogP contribution in [0.15, 0.2) is 0 Å². The summed E-state index contributed by atoms with van der Waals surface area (Å²) < 4.78 is 0. The van der Waals surface area contributed by atoms with Gasteiger partial charge in [-0.25, -0.2) is 0 Å². The fourth-order valence-corrected chi connectivity index (χ4v) is 4.09. The van der Waals surface area contributed by atoms with Gasteiger partial charge in [0, 0.05) is 19.1 Å². The lowest BCUT2D eigenvalue weighted by Gasteiger charge is -2.36. The van der Waals surface area contributed by atoms with E-state index in [0.717, 1.165) is 45.4 Å². The topological polar surface area (TPSA) is 35.6 Å². The maximum atomic E-state index is 12.7. The van der Waals surface area contributed by atoms with Crippen molar-refractivity contribution >= 4 is 5.91 Å². The molecule has 0 unspecified atom stereocenters. The summed E-state index contributed by atoms with van der Waals surface area (Å²) in [6.07, 6.45) is 8.07. The van der Waals surface area contributed by atoms with Gasteiger partial charge in [-0.1, -0.05) is 19.8 Å². The summed E-state index contributed by atoms with van der Waals surface area (Å²) >= 11 is 0. The number of carbonyl (C=O) groups is 1. The third kappa shape index (κ3) is 2.40. The highest BCUT2D eigenvalue weighted by Gasteiger charge is 2.49. The van der Waals surface area contributed by atoms with Gasteiger partial charge in [-0.3, -0.25) is 10.1 Å². The Morgan fingerprint density at radius 1 is 1.26 bits per heavy atom. The monoisotopic (exact) mass is 265 g/mol. The van der Waals surface area contributed by atoms with E-state index in [-0.39, 0.29) is 5.54 Å².